The van der Waals surface area contributed by atoms with E-state index in [1.807, 2.05) is 0 Å². The molecular formula is C24H27NO7. The first kappa shape index (κ1) is 23.3. The molecule has 0 spiro atoms. The van der Waals surface area contributed by atoms with Gasteiger partial charge in [-0.25, -0.2) is 4.79 Å². The number of rotatable bonds is 10. The van der Waals surface area contributed by atoms with E-state index in [0.29, 0.717) is 23.6 Å². The zero-order valence-electron chi connectivity index (χ0n) is 18.0. The summed E-state index contributed by atoms with van der Waals surface area (Å²) in [6.45, 7) is 2.34. The third-order valence-electron chi connectivity index (χ3n) is 4.84. The number of hydrogen-bond acceptors (Lipinski definition) is 7. The Morgan fingerprint density at radius 3 is 2.44 bits per heavy atom. The monoisotopic (exact) mass is 441 g/mol. The number of amides is 1. The Morgan fingerprint density at radius 2 is 1.78 bits per heavy atom. The fourth-order valence-electron chi connectivity index (χ4n) is 3.21. The molecule has 32 heavy (non-hydrogen) atoms. The van der Waals surface area contributed by atoms with E-state index in [1.54, 1.807) is 61.5 Å². The van der Waals surface area contributed by atoms with Gasteiger partial charge in [-0.2, -0.15) is 0 Å². The molecule has 1 aliphatic rings. The smallest absolute Gasteiger partial charge is 0.338 e. The molecule has 0 saturated carbocycles. The van der Waals surface area contributed by atoms with Gasteiger partial charge in [0, 0.05) is 12.3 Å². The molecular weight excluding hydrogens is 414 g/mol. The normalized spacial score (nSPS) is 15.1. The van der Waals surface area contributed by atoms with E-state index in [9.17, 15) is 14.4 Å². The molecule has 1 aliphatic heterocycles. The van der Waals surface area contributed by atoms with Crippen molar-refractivity contribution < 1.29 is 33.3 Å². The highest BCUT2D eigenvalue weighted by atomic mass is 16.5. The molecule has 0 N–H and O–H groups in total. The second-order valence-electron chi connectivity index (χ2n) is 7.17. The predicted octanol–water partition coefficient (Wildman–Crippen LogP) is 3.00. The predicted molar refractivity (Wildman–Crippen MR) is 117 cm³/mol. The van der Waals surface area contributed by atoms with Crippen LogP contribution in [-0.4, -0.2) is 56.9 Å². The molecule has 0 radical (unpaired) electrons. The summed E-state index contributed by atoms with van der Waals surface area (Å²) in [5.41, 5.74) is 0.799. The first-order valence-electron chi connectivity index (χ1n) is 10.6. The number of nitrogens with zero attached hydrogens (tertiary/aromatic N) is 1. The van der Waals surface area contributed by atoms with Crippen LogP contribution in [0.1, 0.15) is 30.1 Å². The van der Waals surface area contributed by atoms with E-state index < -0.39 is 24.5 Å². The maximum absolute atomic E-state index is 12.7. The van der Waals surface area contributed by atoms with Crippen LogP contribution >= 0.6 is 0 Å². The third kappa shape index (κ3) is 6.81. The van der Waals surface area contributed by atoms with E-state index in [1.165, 1.54) is 4.90 Å². The van der Waals surface area contributed by atoms with Gasteiger partial charge in [-0.3, -0.25) is 14.5 Å². The van der Waals surface area contributed by atoms with Gasteiger partial charge in [0.2, 0.25) is 0 Å². The zero-order chi connectivity index (χ0) is 22.8. The van der Waals surface area contributed by atoms with Crippen molar-refractivity contribution in [3.05, 3.63) is 60.2 Å². The number of para-hydroxylation sites is 1. The molecule has 1 fully saturated rings. The number of ether oxygens (including phenoxy) is 4. The fraction of sp³-hybridized carbons (Fsp3) is 0.375. The number of esters is 2. The zero-order valence-corrected chi connectivity index (χ0v) is 18.0. The van der Waals surface area contributed by atoms with Gasteiger partial charge >= 0.3 is 11.9 Å². The van der Waals surface area contributed by atoms with Gasteiger partial charge in [0.05, 0.1) is 18.3 Å². The molecule has 1 saturated heterocycles. The number of anilines is 1. The summed E-state index contributed by atoms with van der Waals surface area (Å²) in [5, 5.41) is 0. The summed E-state index contributed by atoms with van der Waals surface area (Å²) < 4.78 is 21.3. The first-order valence-corrected chi connectivity index (χ1v) is 10.6. The Bertz CT molecular complexity index is 892. The lowest BCUT2D eigenvalue weighted by atomic mass is 10.2. The lowest BCUT2D eigenvalue weighted by molar-refractivity contribution is -0.142. The lowest BCUT2D eigenvalue weighted by Gasteiger charge is -2.21. The van der Waals surface area contributed by atoms with Gasteiger partial charge in [0.1, 0.15) is 18.9 Å². The van der Waals surface area contributed by atoms with E-state index >= 15 is 0 Å². The van der Waals surface area contributed by atoms with Gasteiger partial charge in [-0.05, 0) is 56.2 Å². The maximum atomic E-state index is 12.7. The Kier molecular flexibility index (Phi) is 8.62. The van der Waals surface area contributed by atoms with E-state index in [-0.39, 0.29) is 19.3 Å². The van der Waals surface area contributed by atoms with Crippen LogP contribution in [0.5, 0.6) is 5.75 Å². The largest absolute Gasteiger partial charge is 0.491 e. The van der Waals surface area contributed by atoms with Crippen LogP contribution in [0.3, 0.4) is 0 Å². The highest BCUT2D eigenvalue weighted by Crippen LogP contribution is 2.18. The van der Waals surface area contributed by atoms with Crippen molar-refractivity contribution in [1.29, 1.82) is 0 Å². The summed E-state index contributed by atoms with van der Waals surface area (Å²) in [4.78, 5) is 38.2. The minimum Gasteiger partial charge on any atom is -0.491 e. The molecule has 1 amide bonds. The van der Waals surface area contributed by atoms with E-state index in [0.717, 1.165) is 19.4 Å². The minimum absolute atomic E-state index is 0.104. The summed E-state index contributed by atoms with van der Waals surface area (Å²) >= 11 is 0. The van der Waals surface area contributed by atoms with Crippen LogP contribution in [0.2, 0.25) is 0 Å². The molecule has 2 aromatic rings. The molecule has 1 unspecified atom stereocenters. The molecule has 8 heteroatoms. The van der Waals surface area contributed by atoms with Gasteiger partial charge in [0.25, 0.3) is 5.91 Å². The average molecular weight is 441 g/mol. The summed E-state index contributed by atoms with van der Waals surface area (Å²) in [5.74, 6) is -1.10. The van der Waals surface area contributed by atoms with Crippen molar-refractivity contribution in [2.45, 2.75) is 25.9 Å². The molecule has 0 aromatic heterocycles. The second-order valence-corrected chi connectivity index (χ2v) is 7.17. The first-order chi connectivity index (χ1) is 15.6. The average Bonchev–Trinajstić information content (AvgIpc) is 3.34. The van der Waals surface area contributed by atoms with Crippen LogP contribution in [0.15, 0.2) is 54.6 Å². The Morgan fingerprint density at radius 1 is 1.03 bits per heavy atom. The van der Waals surface area contributed by atoms with Crippen molar-refractivity contribution in [3.63, 3.8) is 0 Å². The molecule has 2 aromatic carbocycles. The maximum Gasteiger partial charge on any atom is 0.338 e. The second kappa shape index (κ2) is 11.9. The van der Waals surface area contributed by atoms with Crippen molar-refractivity contribution in [1.82, 2.24) is 0 Å². The molecule has 0 aliphatic carbocycles. The lowest BCUT2D eigenvalue weighted by Crippen LogP contribution is -2.39. The quantitative estimate of drug-likeness (QED) is 0.524. The van der Waals surface area contributed by atoms with Crippen LogP contribution in [0.4, 0.5) is 5.69 Å². The molecule has 1 heterocycles. The summed E-state index contributed by atoms with van der Waals surface area (Å²) in [7, 11) is 0. The van der Waals surface area contributed by atoms with Crippen LogP contribution in [-0.2, 0) is 23.8 Å². The Hall–Kier alpha value is -3.39. The number of hydrogen-bond donors (Lipinski definition) is 0. The summed E-state index contributed by atoms with van der Waals surface area (Å²) in [6.07, 6.45) is 2.13. The molecule has 170 valence electrons. The minimum atomic E-state index is -0.645. The molecule has 1 atom stereocenters. The number of benzene rings is 2. The SMILES string of the molecule is CCOC(=O)CN(C(=O)COC(=O)c1ccc(OCC2CCCO2)cc1)c1ccccc1. The van der Waals surface area contributed by atoms with Gasteiger partial charge in [-0.15, -0.1) is 0 Å². The van der Waals surface area contributed by atoms with Gasteiger partial charge in [-0.1, -0.05) is 18.2 Å². The third-order valence-corrected chi connectivity index (χ3v) is 4.84. The van der Waals surface area contributed by atoms with Crippen molar-refractivity contribution in [2.75, 3.05) is 37.9 Å². The van der Waals surface area contributed by atoms with Crippen LogP contribution < -0.4 is 9.64 Å². The Labute approximate surface area is 187 Å². The van der Waals surface area contributed by atoms with Gasteiger partial charge < -0.3 is 18.9 Å². The van der Waals surface area contributed by atoms with Crippen molar-refractivity contribution >= 4 is 23.5 Å². The highest BCUT2D eigenvalue weighted by Gasteiger charge is 2.22. The fourth-order valence-corrected chi connectivity index (χ4v) is 3.21. The topological polar surface area (TPSA) is 91.4 Å². The van der Waals surface area contributed by atoms with Gasteiger partial charge in [0.15, 0.2) is 6.61 Å². The van der Waals surface area contributed by atoms with Crippen LogP contribution in [0.25, 0.3) is 0 Å². The van der Waals surface area contributed by atoms with Crippen LogP contribution in [0, 0.1) is 0 Å². The summed E-state index contributed by atoms with van der Waals surface area (Å²) in [6, 6.07) is 15.2. The Balaban J connectivity index is 1.54. The molecule has 0 bridgehead atoms. The van der Waals surface area contributed by atoms with Crippen molar-refractivity contribution in [3.8, 4) is 5.75 Å². The number of carbonyl (C=O) groups excluding carboxylic acids is 3. The number of carbonyl (C=O) groups is 3. The standard InChI is InChI=1S/C24H27NO7/c1-2-29-23(27)15-25(19-7-4-3-5-8-19)22(26)17-32-24(28)18-10-12-20(13-11-18)31-16-21-9-6-14-30-21/h3-5,7-8,10-13,21H,2,6,9,14-17H2,1H3. The molecule has 8 nitrogen and oxygen atoms in total. The van der Waals surface area contributed by atoms with E-state index in [4.69, 9.17) is 18.9 Å². The van der Waals surface area contributed by atoms with E-state index in [2.05, 4.69) is 0 Å². The molecule has 3 rings (SSSR count). The highest BCUT2D eigenvalue weighted by molar-refractivity contribution is 6.00. The van der Waals surface area contributed by atoms with Crippen molar-refractivity contribution in [2.24, 2.45) is 0 Å².